The minimum absolute atomic E-state index is 0.534. The van der Waals surface area contributed by atoms with Crippen LogP contribution >= 0.6 is 11.6 Å². The van der Waals surface area contributed by atoms with E-state index in [9.17, 15) is 0 Å². The Morgan fingerprint density at radius 3 is 1.90 bits per heavy atom. The Morgan fingerprint density at radius 1 is 0.756 bits per heavy atom. The van der Waals surface area contributed by atoms with E-state index in [0.717, 1.165) is 39.6 Å². The van der Waals surface area contributed by atoms with Crippen molar-refractivity contribution in [2.24, 2.45) is 0 Å². The molecule has 4 heterocycles. The van der Waals surface area contributed by atoms with E-state index in [1.54, 1.807) is 29.0 Å². The van der Waals surface area contributed by atoms with E-state index in [1.165, 1.54) is 12.8 Å². The second-order valence-corrected chi connectivity index (χ2v) is 10.1. The molecule has 0 radical (unpaired) electrons. The van der Waals surface area contributed by atoms with Gasteiger partial charge in [-0.15, -0.1) is 0 Å². The van der Waals surface area contributed by atoms with Gasteiger partial charge in [-0.05, 0) is 18.9 Å². The predicted molar refractivity (Wildman–Crippen MR) is 159 cm³/mol. The number of anilines is 1. The Labute approximate surface area is 241 Å². The smallest absolute Gasteiger partial charge is 0.187 e. The summed E-state index contributed by atoms with van der Waals surface area (Å²) in [5.41, 5.74) is 6.86. The fraction of sp³-hybridized carbons (Fsp3) is 0.161. The van der Waals surface area contributed by atoms with Crippen LogP contribution in [0.5, 0.6) is 0 Å². The molecule has 6 aromatic rings. The molecular weight excluding hydrogens is 534 g/mol. The predicted octanol–water partition coefficient (Wildman–Crippen LogP) is 6.97. The molecule has 7 rings (SSSR count). The summed E-state index contributed by atoms with van der Waals surface area (Å²) in [5.74, 6) is 0.994. The van der Waals surface area contributed by atoms with Gasteiger partial charge in [-0.3, -0.25) is 0 Å². The molecule has 0 aliphatic heterocycles. The molecule has 0 unspecified atom stereocenters. The topological polar surface area (TPSA) is 81.1 Å². The lowest BCUT2D eigenvalue weighted by Gasteiger charge is -2.10. The van der Waals surface area contributed by atoms with E-state index < -0.39 is 0 Å². The molecule has 1 aliphatic rings. The van der Waals surface area contributed by atoms with Gasteiger partial charge in [-0.25, -0.2) is 24.2 Å². The average molecular weight is 558 g/mol. The van der Waals surface area contributed by atoms with Crippen molar-refractivity contribution >= 4 is 40.1 Å². The summed E-state index contributed by atoms with van der Waals surface area (Å²) >= 11 is 6.14. The van der Waals surface area contributed by atoms with Crippen LogP contribution in [0.3, 0.4) is 0 Å². The van der Waals surface area contributed by atoms with Crippen LogP contribution in [0.4, 0.5) is 17.2 Å². The zero-order valence-electron chi connectivity index (χ0n) is 21.9. The molecule has 0 spiro atoms. The number of rotatable bonds is 6. The third-order valence-electron chi connectivity index (χ3n) is 6.56. The molecule has 0 atom stereocenters. The SMILES string of the molecule is [C-]#[N+]c1cccc(Cc2cc(Cl)n3nccc3n2)c1.[C-]#[N+]c1cccc(Cc2cc(NC3CC3)n3nccc3n2)c1. The maximum atomic E-state index is 7.11. The van der Waals surface area contributed by atoms with Crippen LogP contribution in [-0.4, -0.2) is 35.2 Å². The normalized spacial score (nSPS) is 12.4. The lowest BCUT2D eigenvalue weighted by molar-refractivity contribution is 0.907. The summed E-state index contributed by atoms with van der Waals surface area (Å²) in [5, 5.41) is 12.4. The summed E-state index contributed by atoms with van der Waals surface area (Å²) in [6.07, 6.45) is 7.22. The number of aromatic nitrogens is 6. The van der Waals surface area contributed by atoms with Crippen LogP contribution in [0.15, 0.2) is 85.2 Å². The van der Waals surface area contributed by atoms with E-state index in [2.05, 4.69) is 41.2 Å². The third kappa shape index (κ3) is 6.17. The molecule has 10 heteroatoms. The van der Waals surface area contributed by atoms with Crippen molar-refractivity contribution < 1.29 is 0 Å². The quantitative estimate of drug-likeness (QED) is 0.177. The highest BCUT2D eigenvalue weighted by molar-refractivity contribution is 6.29. The van der Waals surface area contributed by atoms with Gasteiger partial charge in [-0.2, -0.15) is 14.7 Å². The van der Waals surface area contributed by atoms with Gasteiger partial charge in [0.25, 0.3) is 0 Å². The Morgan fingerprint density at radius 2 is 1.32 bits per heavy atom. The van der Waals surface area contributed by atoms with Crippen LogP contribution < -0.4 is 5.32 Å². The molecule has 1 aliphatic carbocycles. The molecule has 4 aromatic heterocycles. The summed E-state index contributed by atoms with van der Waals surface area (Å²) in [6.45, 7) is 14.1. The summed E-state index contributed by atoms with van der Waals surface area (Å²) < 4.78 is 3.43. The average Bonchev–Trinajstić information content (AvgIpc) is 3.44. The van der Waals surface area contributed by atoms with Gasteiger partial charge in [-0.1, -0.05) is 71.3 Å². The first kappa shape index (κ1) is 26.0. The maximum absolute atomic E-state index is 7.11. The highest BCUT2D eigenvalue weighted by atomic mass is 35.5. The largest absolute Gasteiger partial charge is 0.367 e. The van der Waals surface area contributed by atoms with E-state index in [4.69, 9.17) is 24.7 Å². The first-order valence-electron chi connectivity index (χ1n) is 13.1. The second kappa shape index (κ2) is 11.5. The van der Waals surface area contributed by atoms with E-state index >= 15 is 0 Å². The molecule has 0 bridgehead atoms. The number of benzene rings is 2. The minimum atomic E-state index is 0.534. The Balaban J connectivity index is 0.000000149. The molecule has 1 N–H and O–H groups in total. The summed E-state index contributed by atoms with van der Waals surface area (Å²) in [7, 11) is 0. The van der Waals surface area contributed by atoms with Gasteiger partial charge >= 0.3 is 0 Å². The van der Waals surface area contributed by atoms with Gasteiger partial charge in [0, 0.05) is 37.1 Å². The van der Waals surface area contributed by atoms with Crippen molar-refractivity contribution in [3.8, 4) is 0 Å². The Hall–Kier alpha value is -5.25. The Kier molecular flexibility index (Phi) is 7.27. The second-order valence-electron chi connectivity index (χ2n) is 9.74. The first-order chi connectivity index (χ1) is 20.1. The zero-order chi connectivity index (χ0) is 28.2. The van der Waals surface area contributed by atoms with Crippen molar-refractivity contribution in [1.29, 1.82) is 0 Å². The molecule has 0 amide bonds. The monoisotopic (exact) mass is 557 g/mol. The fourth-order valence-corrected chi connectivity index (χ4v) is 4.76. The highest BCUT2D eigenvalue weighted by Crippen LogP contribution is 2.26. The van der Waals surface area contributed by atoms with Crippen LogP contribution in [0.1, 0.15) is 35.4 Å². The molecule has 1 fully saturated rings. The maximum Gasteiger partial charge on any atom is 0.187 e. The summed E-state index contributed by atoms with van der Waals surface area (Å²) in [4.78, 5) is 16.0. The van der Waals surface area contributed by atoms with Crippen molar-refractivity contribution in [3.05, 3.63) is 136 Å². The molecular formula is C31H24ClN9. The lowest BCUT2D eigenvalue weighted by Crippen LogP contribution is -2.09. The van der Waals surface area contributed by atoms with E-state index in [-0.39, 0.29) is 0 Å². The zero-order valence-corrected chi connectivity index (χ0v) is 22.7. The number of nitrogens with zero attached hydrogens (tertiary/aromatic N) is 8. The Bertz CT molecular complexity index is 1940. The van der Waals surface area contributed by atoms with E-state index in [1.807, 2.05) is 59.1 Å². The number of fused-ring (bicyclic) bond motifs is 2. The van der Waals surface area contributed by atoms with Crippen molar-refractivity contribution in [1.82, 2.24) is 29.2 Å². The highest BCUT2D eigenvalue weighted by Gasteiger charge is 2.22. The number of halogens is 1. The van der Waals surface area contributed by atoms with Crippen LogP contribution in [0.2, 0.25) is 5.15 Å². The number of nitrogens with one attached hydrogen (secondary N) is 1. The molecule has 1 saturated carbocycles. The standard InChI is InChI=1S/C17H15N5.C14H9ClN4/c1-18-14-4-2-3-12(9-14)10-15-11-17(20-13-5-6-13)22-16(21-15)7-8-19-22;1-16-11-4-2-3-10(7-11)8-12-9-13(15)19-14(18-12)5-6-17-19/h2-4,7-9,11,13,20H,5-6,10H2;2-7,9H,8H2. The summed E-state index contributed by atoms with van der Waals surface area (Å²) in [6, 6.07) is 23.3. The van der Waals surface area contributed by atoms with Crippen molar-refractivity contribution in [2.45, 2.75) is 31.7 Å². The van der Waals surface area contributed by atoms with Gasteiger partial charge in [0.15, 0.2) is 22.7 Å². The van der Waals surface area contributed by atoms with Crippen LogP contribution in [-0.2, 0) is 12.8 Å². The fourth-order valence-electron chi connectivity index (χ4n) is 4.50. The molecule has 41 heavy (non-hydrogen) atoms. The van der Waals surface area contributed by atoms with Gasteiger partial charge < -0.3 is 5.32 Å². The van der Waals surface area contributed by atoms with Crippen LogP contribution in [0.25, 0.3) is 21.0 Å². The van der Waals surface area contributed by atoms with Gasteiger partial charge in [0.1, 0.15) is 11.0 Å². The molecule has 2 aromatic carbocycles. The van der Waals surface area contributed by atoms with E-state index in [0.29, 0.717) is 35.4 Å². The number of hydrogen-bond acceptors (Lipinski definition) is 5. The van der Waals surface area contributed by atoms with Gasteiger partial charge in [0.2, 0.25) is 0 Å². The van der Waals surface area contributed by atoms with Gasteiger partial charge in [0.05, 0.1) is 36.9 Å². The van der Waals surface area contributed by atoms with Crippen molar-refractivity contribution in [3.63, 3.8) is 0 Å². The third-order valence-corrected chi connectivity index (χ3v) is 6.83. The van der Waals surface area contributed by atoms with Crippen molar-refractivity contribution in [2.75, 3.05) is 5.32 Å². The molecule has 0 saturated heterocycles. The molecule has 9 nitrogen and oxygen atoms in total. The number of hydrogen-bond donors (Lipinski definition) is 1. The first-order valence-corrected chi connectivity index (χ1v) is 13.5. The molecule has 200 valence electrons. The van der Waals surface area contributed by atoms with Crippen LogP contribution in [0, 0.1) is 13.1 Å². The minimum Gasteiger partial charge on any atom is -0.367 e. The lowest BCUT2D eigenvalue weighted by atomic mass is 10.1.